The monoisotopic (exact) mass is 262 g/mol. The zero-order valence-electron chi connectivity index (χ0n) is 10.7. The van der Waals surface area contributed by atoms with Gasteiger partial charge in [0, 0.05) is 11.7 Å². The molecule has 18 heavy (non-hydrogen) atoms. The van der Waals surface area contributed by atoms with Crippen molar-refractivity contribution in [1.29, 1.82) is 5.26 Å². The number of nitrogens with zero attached hydrogens (tertiary/aromatic N) is 1. The van der Waals surface area contributed by atoms with Crippen LogP contribution in [0.1, 0.15) is 44.6 Å². The van der Waals surface area contributed by atoms with E-state index in [1.165, 1.54) is 32.1 Å². The Morgan fingerprint density at radius 2 is 2.11 bits per heavy atom. The van der Waals surface area contributed by atoms with Gasteiger partial charge in [0.1, 0.15) is 6.07 Å². The van der Waals surface area contributed by atoms with Gasteiger partial charge < -0.3 is 5.32 Å². The summed E-state index contributed by atoms with van der Waals surface area (Å²) >= 11 is 6.04. The van der Waals surface area contributed by atoms with Gasteiger partial charge in [-0.3, -0.25) is 0 Å². The molecule has 1 aliphatic carbocycles. The lowest BCUT2D eigenvalue weighted by molar-refractivity contribution is 0.502. The van der Waals surface area contributed by atoms with Crippen LogP contribution in [0.15, 0.2) is 18.2 Å². The molecule has 0 amide bonds. The normalized spacial score (nSPS) is 24.1. The summed E-state index contributed by atoms with van der Waals surface area (Å²) in [6.07, 6.45) is 6.37. The van der Waals surface area contributed by atoms with Crippen LogP contribution in [0.25, 0.3) is 0 Å². The first-order valence-electron chi connectivity index (χ1n) is 6.65. The first-order valence-corrected chi connectivity index (χ1v) is 7.03. The van der Waals surface area contributed by atoms with Gasteiger partial charge in [0.05, 0.1) is 10.6 Å². The molecule has 0 aromatic heterocycles. The molecule has 1 N–H and O–H groups in total. The summed E-state index contributed by atoms with van der Waals surface area (Å²) in [6.45, 7) is 2.33. The van der Waals surface area contributed by atoms with Crippen molar-refractivity contribution in [2.24, 2.45) is 5.92 Å². The zero-order chi connectivity index (χ0) is 13.0. The summed E-state index contributed by atoms with van der Waals surface area (Å²) in [5, 5.41) is 12.9. The molecule has 0 spiro atoms. The average Bonchev–Trinajstić information content (AvgIpc) is 2.55. The predicted molar refractivity (Wildman–Crippen MR) is 75.8 cm³/mol. The first-order chi connectivity index (χ1) is 8.69. The molecule has 96 valence electrons. The Morgan fingerprint density at radius 3 is 2.83 bits per heavy atom. The number of nitrogens with one attached hydrogen (secondary N) is 1. The van der Waals surface area contributed by atoms with Crippen LogP contribution < -0.4 is 5.32 Å². The van der Waals surface area contributed by atoms with Gasteiger partial charge >= 0.3 is 0 Å². The Morgan fingerprint density at radius 1 is 1.28 bits per heavy atom. The fourth-order valence-corrected chi connectivity index (χ4v) is 2.79. The maximum atomic E-state index is 8.84. The highest BCUT2D eigenvalue weighted by atomic mass is 35.5. The van der Waals surface area contributed by atoms with E-state index in [2.05, 4.69) is 18.3 Å². The van der Waals surface area contributed by atoms with Crippen molar-refractivity contribution in [3.63, 3.8) is 0 Å². The number of halogens is 1. The Labute approximate surface area is 114 Å². The van der Waals surface area contributed by atoms with Crippen molar-refractivity contribution < 1.29 is 0 Å². The third-order valence-corrected chi connectivity index (χ3v) is 4.03. The molecule has 1 saturated carbocycles. The van der Waals surface area contributed by atoms with Crippen molar-refractivity contribution in [3.8, 4) is 6.07 Å². The van der Waals surface area contributed by atoms with Crippen LogP contribution in [0.2, 0.25) is 5.02 Å². The zero-order valence-corrected chi connectivity index (χ0v) is 11.5. The van der Waals surface area contributed by atoms with E-state index < -0.39 is 0 Å². The highest BCUT2D eigenvalue weighted by Gasteiger charge is 2.16. The third-order valence-electron chi connectivity index (χ3n) is 3.72. The lowest BCUT2D eigenvalue weighted by Crippen LogP contribution is -2.18. The Kier molecular flexibility index (Phi) is 4.49. The molecule has 0 saturated heterocycles. The lowest BCUT2D eigenvalue weighted by atomic mass is 10.0. The largest absolute Gasteiger partial charge is 0.382 e. The van der Waals surface area contributed by atoms with Gasteiger partial charge in [-0.25, -0.2) is 0 Å². The maximum absolute atomic E-state index is 8.84. The minimum absolute atomic E-state index is 0.532. The maximum Gasteiger partial charge on any atom is 0.101 e. The van der Waals surface area contributed by atoms with Crippen molar-refractivity contribution >= 4 is 17.3 Å². The summed E-state index contributed by atoms with van der Waals surface area (Å²) in [7, 11) is 0. The van der Waals surface area contributed by atoms with Crippen LogP contribution in [0.3, 0.4) is 0 Å². The first kappa shape index (κ1) is 13.2. The summed E-state index contributed by atoms with van der Waals surface area (Å²) in [5.41, 5.74) is 1.57. The van der Waals surface area contributed by atoms with Gasteiger partial charge in [-0.2, -0.15) is 5.26 Å². The van der Waals surface area contributed by atoms with E-state index in [0.717, 1.165) is 11.6 Å². The number of anilines is 1. The smallest absolute Gasteiger partial charge is 0.101 e. The van der Waals surface area contributed by atoms with Crippen molar-refractivity contribution in [2.75, 3.05) is 5.32 Å². The van der Waals surface area contributed by atoms with Crippen molar-refractivity contribution in [1.82, 2.24) is 0 Å². The van der Waals surface area contributed by atoms with Gasteiger partial charge in [-0.15, -0.1) is 0 Å². The fraction of sp³-hybridized carbons (Fsp3) is 0.533. The van der Waals surface area contributed by atoms with Gasteiger partial charge in [0.25, 0.3) is 0 Å². The van der Waals surface area contributed by atoms with Crippen LogP contribution in [-0.2, 0) is 0 Å². The molecule has 2 unspecified atom stereocenters. The minimum atomic E-state index is 0.532. The fourth-order valence-electron chi connectivity index (χ4n) is 2.56. The van der Waals surface area contributed by atoms with E-state index in [1.807, 2.05) is 12.1 Å². The molecular weight excluding hydrogens is 244 g/mol. The number of rotatable bonds is 2. The molecule has 2 nitrogen and oxygen atoms in total. The third kappa shape index (κ3) is 3.40. The Balaban J connectivity index is 2.01. The predicted octanol–water partition coefficient (Wildman–Crippen LogP) is 4.59. The van der Waals surface area contributed by atoms with E-state index in [9.17, 15) is 0 Å². The molecule has 1 aliphatic rings. The topological polar surface area (TPSA) is 35.8 Å². The summed E-state index contributed by atoms with van der Waals surface area (Å²) in [5.74, 6) is 0.848. The summed E-state index contributed by atoms with van der Waals surface area (Å²) in [6, 6.07) is 8.20. The molecule has 0 bridgehead atoms. The molecular formula is C15H19ClN2. The van der Waals surface area contributed by atoms with E-state index in [0.29, 0.717) is 16.6 Å². The van der Waals surface area contributed by atoms with Crippen LogP contribution in [0, 0.1) is 17.2 Å². The van der Waals surface area contributed by atoms with E-state index in [4.69, 9.17) is 16.9 Å². The van der Waals surface area contributed by atoms with Crippen LogP contribution in [0.5, 0.6) is 0 Å². The second kappa shape index (κ2) is 6.11. The number of hydrogen-bond acceptors (Lipinski definition) is 2. The minimum Gasteiger partial charge on any atom is -0.382 e. The highest BCUT2D eigenvalue weighted by Crippen LogP contribution is 2.26. The van der Waals surface area contributed by atoms with Crippen LogP contribution in [-0.4, -0.2) is 6.04 Å². The molecule has 1 fully saturated rings. The molecule has 0 aliphatic heterocycles. The van der Waals surface area contributed by atoms with Gasteiger partial charge in [-0.1, -0.05) is 31.4 Å². The average molecular weight is 263 g/mol. The van der Waals surface area contributed by atoms with Crippen molar-refractivity contribution in [2.45, 2.75) is 45.1 Å². The SMILES string of the molecule is CC1CCCC(Nc2ccc(C#N)c(Cl)c2)CC1. The summed E-state index contributed by atoms with van der Waals surface area (Å²) < 4.78 is 0. The Bertz CT molecular complexity index is 450. The number of nitriles is 1. The molecule has 2 rings (SSSR count). The van der Waals surface area contributed by atoms with E-state index in [1.54, 1.807) is 6.07 Å². The highest BCUT2D eigenvalue weighted by molar-refractivity contribution is 6.32. The van der Waals surface area contributed by atoms with Crippen LogP contribution in [0.4, 0.5) is 5.69 Å². The van der Waals surface area contributed by atoms with E-state index >= 15 is 0 Å². The Hall–Kier alpha value is -1.20. The van der Waals surface area contributed by atoms with Gasteiger partial charge in [0.2, 0.25) is 0 Å². The number of benzene rings is 1. The van der Waals surface area contributed by atoms with Crippen molar-refractivity contribution in [3.05, 3.63) is 28.8 Å². The van der Waals surface area contributed by atoms with Gasteiger partial charge in [0.15, 0.2) is 0 Å². The quantitative estimate of drug-likeness (QED) is 0.791. The molecule has 0 heterocycles. The molecule has 1 aromatic carbocycles. The molecule has 0 radical (unpaired) electrons. The molecule has 2 atom stereocenters. The summed E-state index contributed by atoms with van der Waals surface area (Å²) in [4.78, 5) is 0. The second-order valence-electron chi connectivity index (χ2n) is 5.26. The van der Waals surface area contributed by atoms with Gasteiger partial charge in [-0.05, 0) is 43.4 Å². The molecule has 1 aromatic rings. The second-order valence-corrected chi connectivity index (χ2v) is 5.67. The standard InChI is InChI=1S/C15H19ClN2/c1-11-3-2-4-13(7-5-11)18-14-8-6-12(10-17)15(16)9-14/h6,8-9,11,13,18H,2-5,7H2,1H3. The van der Waals surface area contributed by atoms with Crippen LogP contribution >= 0.6 is 11.6 Å². The lowest BCUT2D eigenvalue weighted by Gasteiger charge is -2.18. The van der Waals surface area contributed by atoms with E-state index in [-0.39, 0.29) is 0 Å². The molecule has 3 heteroatoms. The number of hydrogen-bond donors (Lipinski definition) is 1.